The van der Waals surface area contributed by atoms with Gasteiger partial charge in [-0.1, -0.05) is 13.8 Å². The van der Waals surface area contributed by atoms with Gasteiger partial charge in [0.2, 0.25) is 0 Å². The molecule has 0 N–H and O–H groups in total. The highest BCUT2D eigenvalue weighted by atomic mass is 16.5. The van der Waals surface area contributed by atoms with Crippen molar-refractivity contribution in [2.45, 2.75) is 27.2 Å². The van der Waals surface area contributed by atoms with E-state index in [9.17, 15) is 4.79 Å². The van der Waals surface area contributed by atoms with Gasteiger partial charge in [0.25, 0.3) is 0 Å². The van der Waals surface area contributed by atoms with Gasteiger partial charge in [0, 0.05) is 0 Å². The summed E-state index contributed by atoms with van der Waals surface area (Å²) in [6.07, 6.45) is 0.976. The second-order valence-electron chi connectivity index (χ2n) is 4.45. The van der Waals surface area contributed by atoms with Crippen molar-refractivity contribution in [2.24, 2.45) is 5.92 Å². The largest absolute Gasteiger partial charge is 0.497 e. The van der Waals surface area contributed by atoms with Crippen LogP contribution in [0.4, 0.5) is 0 Å². The van der Waals surface area contributed by atoms with Crippen molar-refractivity contribution in [1.29, 1.82) is 0 Å². The summed E-state index contributed by atoms with van der Waals surface area (Å²) in [6, 6.07) is 5.31. The summed E-state index contributed by atoms with van der Waals surface area (Å²) >= 11 is 0. The van der Waals surface area contributed by atoms with Crippen LogP contribution >= 0.6 is 0 Å². The molecule has 1 rings (SSSR count). The Morgan fingerprint density at radius 3 is 2.59 bits per heavy atom. The molecular formula is C14H20O3. The quantitative estimate of drug-likeness (QED) is 0.711. The number of Topliss-reactive ketones (excluding diaryl/α,β-unsaturated/α-hetero) is 1. The Kier molecular flexibility index (Phi) is 5.01. The summed E-state index contributed by atoms with van der Waals surface area (Å²) in [5, 5.41) is 0. The van der Waals surface area contributed by atoms with Crippen LogP contribution in [-0.2, 0) is 0 Å². The fraction of sp³-hybridized carbons (Fsp3) is 0.500. The van der Waals surface area contributed by atoms with E-state index in [2.05, 4.69) is 13.8 Å². The fourth-order valence-corrected chi connectivity index (χ4v) is 1.44. The molecule has 3 heteroatoms. The SMILES string of the molecule is COc1ccc(OCCC(C)C)c(C(C)=O)c1. The Morgan fingerprint density at radius 1 is 1.35 bits per heavy atom. The molecule has 0 radical (unpaired) electrons. The molecule has 3 nitrogen and oxygen atoms in total. The van der Waals surface area contributed by atoms with Crippen molar-refractivity contribution < 1.29 is 14.3 Å². The van der Waals surface area contributed by atoms with Crippen LogP contribution in [0, 0.1) is 5.92 Å². The highest BCUT2D eigenvalue weighted by Gasteiger charge is 2.10. The molecular weight excluding hydrogens is 216 g/mol. The first-order chi connectivity index (χ1) is 8.04. The molecule has 17 heavy (non-hydrogen) atoms. The number of carbonyl (C=O) groups is 1. The van der Waals surface area contributed by atoms with E-state index in [0.29, 0.717) is 29.6 Å². The summed E-state index contributed by atoms with van der Waals surface area (Å²) in [5.41, 5.74) is 0.577. The number of carbonyl (C=O) groups excluding carboxylic acids is 1. The van der Waals surface area contributed by atoms with Gasteiger partial charge in [-0.2, -0.15) is 0 Å². The average Bonchev–Trinajstić information content (AvgIpc) is 2.28. The molecule has 0 bridgehead atoms. The van der Waals surface area contributed by atoms with E-state index in [4.69, 9.17) is 9.47 Å². The van der Waals surface area contributed by atoms with E-state index in [1.54, 1.807) is 25.3 Å². The molecule has 0 amide bonds. The predicted octanol–water partition coefficient (Wildman–Crippen LogP) is 3.32. The van der Waals surface area contributed by atoms with Gasteiger partial charge in [0.05, 0.1) is 19.3 Å². The fourth-order valence-electron chi connectivity index (χ4n) is 1.44. The van der Waals surface area contributed by atoms with Gasteiger partial charge in [-0.25, -0.2) is 0 Å². The number of ketones is 1. The Hall–Kier alpha value is -1.51. The molecule has 94 valence electrons. The highest BCUT2D eigenvalue weighted by molar-refractivity contribution is 5.97. The lowest BCUT2D eigenvalue weighted by molar-refractivity contribution is 0.101. The molecule has 0 saturated heterocycles. The third-order valence-corrected chi connectivity index (χ3v) is 2.52. The average molecular weight is 236 g/mol. The molecule has 0 unspecified atom stereocenters. The van der Waals surface area contributed by atoms with Crippen molar-refractivity contribution in [1.82, 2.24) is 0 Å². The molecule has 0 aliphatic carbocycles. The van der Waals surface area contributed by atoms with Gasteiger partial charge in [0.1, 0.15) is 11.5 Å². The Labute approximate surface area is 103 Å². The molecule has 1 aromatic rings. The monoisotopic (exact) mass is 236 g/mol. The normalized spacial score (nSPS) is 10.4. The Bertz CT molecular complexity index is 383. The van der Waals surface area contributed by atoms with Crippen molar-refractivity contribution in [3.8, 4) is 11.5 Å². The van der Waals surface area contributed by atoms with E-state index < -0.39 is 0 Å². The van der Waals surface area contributed by atoms with E-state index in [1.165, 1.54) is 6.92 Å². The van der Waals surface area contributed by atoms with Crippen LogP contribution in [0.15, 0.2) is 18.2 Å². The van der Waals surface area contributed by atoms with Crippen molar-refractivity contribution in [2.75, 3.05) is 13.7 Å². The van der Waals surface area contributed by atoms with Crippen LogP contribution in [-0.4, -0.2) is 19.5 Å². The number of benzene rings is 1. The topological polar surface area (TPSA) is 35.5 Å². The smallest absolute Gasteiger partial charge is 0.163 e. The van der Waals surface area contributed by atoms with Crippen LogP contribution in [0.3, 0.4) is 0 Å². The van der Waals surface area contributed by atoms with Crippen LogP contribution < -0.4 is 9.47 Å². The number of ether oxygens (including phenoxy) is 2. The maximum absolute atomic E-state index is 11.5. The van der Waals surface area contributed by atoms with Crippen LogP contribution in [0.5, 0.6) is 11.5 Å². The molecule has 1 aromatic carbocycles. The minimum atomic E-state index is -0.0107. The summed E-state index contributed by atoms with van der Waals surface area (Å²) in [4.78, 5) is 11.5. The third kappa shape index (κ3) is 4.10. The number of rotatable bonds is 6. The van der Waals surface area contributed by atoms with E-state index in [-0.39, 0.29) is 5.78 Å². The minimum Gasteiger partial charge on any atom is -0.497 e. The maximum Gasteiger partial charge on any atom is 0.163 e. The maximum atomic E-state index is 11.5. The van der Waals surface area contributed by atoms with Crippen LogP contribution in [0.1, 0.15) is 37.6 Å². The molecule has 0 atom stereocenters. The Balaban J connectivity index is 2.80. The van der Waals surface area contributed by atoms with E-state index in [1.807, 2.05) is 0 Å². The molecule has 0 spiro atoms. The minimum absolute atomic E-state index is 0.0107. The summed E-state index contributed by atoms with van der Waals surface area (Å²) in [5.74, 6) is 1.89. The molecule has 0 aliphatic rings. The van der Waals surface area contributed by atoms with Gasteiger partial charge in [0.15, 0.2) is 5.78 Å². The molecule has 0 aliphatic heterocycles. The standard InChI is InChI=1S/C14H20O3/c1-10(2)7-8-17-14-6-5-12(16-4)9-13(14)11(3)15/h5-6,9-10H,7-8H2,1-4H3. The predicted molar refractivity (Wildman–Crippen MR) is 67.9 cm³/mol. The molecule has 0 fully saturated rings. The number of hydrogen-bond donors (Lipinski definition) is 0. The molecule has 0 aromatic heterocycles. The van der Waals surface area contributed by atoms with Crippen LogP contribution in [0.25, 0.3) is 0 Å². The van der Waals surface area contributed by atoms with Crippen molar-refractivity contribution in [3.63, 3.8) is 0 Å². The Morgan fingerprint density at radius 2 is 2.06 bits per heavy atom. The first-order valence-electron chi connectivity index (χ1n) is 5.86. The summed E-state index contributed by atoms with van der Waals surface area (Å²) in [6.45, 7) is 6.45. The summed E-state index contributed by atoms with van der Waals surface area (Å²) < 4.78 is 10.7. The van der Waals surface area contributed by atoms with E-state index in [0.717, 1.165) is 6.42 Å². The van der Waals surface area contributed by atoms with Crippen LogP contribution in [0.2, 0.25) is 0 Å². The lowest BCUT2D eigenvalue weighted by atomic mass is 10.1. The van der Waals surface area contributed by atoms with E-state index >= 15 is 0 Å². The third-order valence-electron chi connectivity index (χ3n) is 2.52. The summed E-state index contributed by atoms with van der Waals surface area (Å²) in [7, 11) is 1.58. The second-order valence-corrected chi connectivity index (χ2v) is 4.45. The van der Waals surface area contributed by atoms with Crippen molar-refractivity contribution in [3.05, 3.63) is 23.8 Å². The lowest BCUT2D eigenvalue weighted by Crippen LogP contribution is -2.05. The van der Waals surface area contributed by atoms with Gasteiger partial charge < -0.3 is 9.47 Å². The first kappa shape index (κ1) is 13.6. The lowest BCUT2D eigenvalue weighted by Gasteiger charge is -2.12. The highest BCUT2D eigenvalue weighted by Crippen LogP contribution is 2.25. The number of methoxy groups -OCH3 is 1. The van der Waals surface area contributed by atoms with Gasteiger partial charge >= 0.3 is 0 Å². The zero-order chi connectivity index (χ0) is 12.8. The zero-order valence-corrected chi connectivity index (χ0v) is 10.9. The van der Waals surface area contributed by atoms with Gasteiger partial charge in [-0.05, 0) is 37.5 Å². The van der Waals surface area contributed by atoms with Gasteiger partial charge in [-0.3, -0.25) is 4.79 Å². The van der Waals surface area contributed by atoms with Crippen molar-refractivity contribution >= 4 is 5.78 Å². The molecule has 0 heterocycles. The second kappa shape index (κ2) is 6.28. The first-order valence-corrected chi connectivity index (χ1v) is 5.86. The number of hydrogen-bond acceptors (Lipinski definition) is 3. The molecule has 0 saturated carbocycles. The van der Waals surface area contributed by atoms with Gasteiger partial charge in [-0.15, -0.1) is 0 Å². The zero-order valence-electron chi connectivity index (χ0n) is 10.9.